The van der Waals surface area contributed by atoms with Gasteiger partial charge in [-0.25, -0.2) is 0 Å². The number of aromatic nitrogens is 1. The van der Waals surface area contributed by atoms with E-state index in [2.05, 4.69) is 10.3 Å². The first-order chi connectivity index (χ1) is 12.4. The smallest absolute Gasteiger partial charge is 0.268 e. The lowest BCUT2D eigenvalue weighted by molar-refractivity contribution is 0.0892. The average Bonchev–Trinajstić information content (AvgIpc) is 3.20. The number of carbonyl (C=O) groups is 2. The number of nitrogens with one attached hydrogen (secondary N) is 2. The Bertz CT molecular complexity index is 828. The van der Waals surface area contributed by atoms with Crippen molar-refractivity contribution in [2.45, 2.75) is 52.0 Å². The van der Waals surface area contributed by atoms with Crippen LogP contribution in [0.3, 0.4) is 0 Å². The van der Waals surface area contributed by atoms with Gasteiger partial charge in [-0.15, -0.1) is 0 Å². The summed E-state index contributed by atoms with van der Waals surface area (Å²) in [5.41, 5.74) is 3.27. The summed E-state index contributed by atoms with van der Waals surface area (Å²) in [4.78, 5) is 28.0. The van der Waals surface area contributed by atoms with Crippen molar-refractivity contribution < 1.29 is 14.3 Å². The summed E-state index contributed by atoms with van der Waals surface area (Å²) >= 11 is 0. The molecular formula is C21H26N2O3. The Morgan fingerprint density at radius 2 is 1.73 bits per heavy atom. The maximum Gasteiger partial charge on any atom is 0.268 e. The lowest BCUT2D eigenvalue weighted by Gasteiger charge is -2.31. The number of aryl methyl sites for hydroxylation is 1. The summed E-state index contributed by atoms with van der Waals surface area (Å²) in [6.45, 7) is 5.18. The summed E-state index contributed by atoms with van der Waals surface area (Å²) in [5.74, 6) is 0.618. The number of rotatable bonds is 5. The first kappa shape index (κ1) is 18.2. The van der Waals surface area contributed by atoms with E-state index in [1.807, 2.05) is 38.1 Å². The second-order valence-corrected chi connectivity index (χ2v) is 7.15. The number of amides is 1. The summed E-state index contributed by atoms with van der Waals surface area (Å²) in [6, 6.07) is 7.91. The maximum atomic E-state index is 13.0. The van der Waals surface area contributed by atoms with Crippen LogP contribution in [0.2, 0.25) is 0 Å². The van der Waals surface area contributed by atoms with E-state index in [9.17, 15) is 9.59 Å². The summed E-state index contributed by atoms with van der Waals surface area (Å²) < 4.78 is 5.24. The minimum absolute atomic E-state index is 0.0268. The number of ketones is 1. The molecule has 2 N–H and O–H groups in total. The maximum absolute atomic E-state index is 13.0. The van der Waals surface area contributed by atoms with E-state index >= 15 is 0 Å². The molecule has 1 fully saturated rings. The number of aromatic amines is 1. The second kappa shape index (κ2) is 6.98. The number of hydrogen-bond donors (Lipinski definition) is 2. The van der Waals surface area contributed by atoms with Gasteiger partial charge >= 0.3 is 0 Å². The number of methoxy groups -OCH3 is 1. The number of carbonyl (C=O) groups excluding carboxylic acids is 2. The van der Waals surface area contributed by atoms with Gasteiger partial charge in [-0.2, -0.15) is 0 Å². The second-order valence-electron chi connectivity index (χ2n) is 7.15. The largest absolute Gasteiger partial charge is 0.497 e. The number of Topliss-reactive ketones (excluding diaryl/α,β-unsaturated/α-hetero) is 1. The summed E-state index contributed by atoms with van der Waals surface area (Å²) in [7, 11) is 1.64. The molecule has 0 saturated heterocycles. The number of H-pyrrole nitrogens is 1. The highest BCUT2D eigenvalue weighted by Gasteiger charge is 2.38. The molecule has 1 amide bonds. The Kier molecular flexibility index (Phi) is 4.90. The third kappa shape index (κ3) is 3.14. The normalized spacial score (nSPS) is 15.7. The molecular weight excluding hydrogens is 328 g/mol. The predicted molar refractivity (Wildman–Crippen MR) is 101 cm³/mol. The molecule has 26 heavy (non-hydrogen) atoms. The molecule has 3 rings (SSSR count). The highest BCUT2D eigenvalue weighted by Crippen LogP contribution is 2.39. The van der Waals surface area contributed by atoms with Crippen molar-refractivity contribution in [2.24, 2.45) is 0 Å². The lowest BCUT2D eigenvalue weighted by atomic mass is 9.87. The van der Waals surface area contributed by atoms with Gasteiger partial charge in [-0.1, -0.05) is 25.0 Å². The molecule has 0 spiro atoms. The van der Waals surface area contributed by atoms with Gasteiger partial charge in [-0.3, -0.25) is 9.59 Å². The van der Waals surface area contributed by atoms with Gasteiger partial charge in [0.2, 0.25) is 0 Å². The standard InChI is InChI=1S/C21H26N2O3/c1-13-18(15(3)24)14(2)22-19(13)20(25)23-21(11-5-6-12-21)16-7-9-17(26-4)10-8-16/h7-10,22H,5-6,11-12H2,1-4H3,(H,23,25). The summed E-state index contributed by atoms with van der Waals surface area (Å²) in [5, 5.41) is 3.26. The fraction of sp³-hybridized carbons (Fsp3) is 0.429. The minimum atomic E-state index is -0.370. The average molecular weight is 354 g/mol. The molecule has 2 aromatic rings. The minimum Gasteiger partial charge on any atom is -0.497 e. The molecule has 1 heterocycles. The molecule has 1 aliphatic rings. The number of ether oxygens (including phenoxy) is 1. The predicted octanol–water partition coefficient (Wildman–Crippen LogP) is 4.04. The van der Waals surface area contributed by atoms with Crippen molar-refractivity contribution in [1.82, 2.24) is 10.3 Å². The van der Waals surface area contributed by atoms with E-state index in [-0.39, 0.29) is 17.2 Å². The fourth-order valence-electron chi connectivity index (χ4n) is 4.16. The summed E-state index contributed by atoms with van der Waals surface area (Å²) in [6.07, 6.45) is 3.97. The highest BCUT2D eigenvalue weighted by molar-refractivity contribution is 6.02. The van der Waals surface area contributed by atoms with Gasteiger partial charge in [-0.05, 0) is 56.9 Å². The lowest BCUT2D eigenvalue weighted by Crippen LogP contribution is -2.44. The first-order valence-corrected chi connectivity index (χ1v) is 9.05. The van der Waals surface area contributed by atoms with Gasteiger partial charge in [0.15, 0.2) is 5.78 Å². The number of benzene rings is 1. The third-order valence-electron chi connectivity index (χ3n) is 5.47. The van der Waals surface area contributed by atoms with Crippen LogP contribution in [-0.4, -0.2) is 23.8 Å². The molecule has 1 aliphatic carbocycles. The Balaban J connectivity index is 1.92. The molecule has 5 nitrogen and oxygen atoms in total. The van der Waals surface area contributed by atoms with E-state index < -0.39 is 0 Å². The molecule has 1 aromatic carbocycles. The SMILES string of the molecule is COc1ccc(C2(NC(=O)c3[nH]c(C)c(C(C)=O)c3C)CCCC2)cc1. The molecule has 0 bridgehead atoms. The zero-order chi connectivity index (χ0) is 18.9. The Hall–Kier alpha value is -2.56. The van der Waals surface area contributed by atoms with Crippen molar-refractivity contribution >= 4 is 11.7 Å². The highest BCUT2D eigenvalue weighted by atomic mass is 16.5. The molecule has 0 unspecified atom stereocenters. The van der Waals surface area contributed by atoms with Gasteiger partial charge in [0.25, 0.3) is 5.91 Å². The van der Waals surface area contributed by atoms with Crippen LogP contribution < -0.4 is 10.1 Å². The molecule has 0 aliphatic heterocycles. The molecule has 138 valence electrons. The van der Waals surface area contributed by atoms with Crippen LogP contribution >= 0.6 is 0 Å². The molecule has 5 heteroatoms. The van der Waals surface area contributed by atoms with E-state index in [0.717, 1.165) is 48.3 Å². The molecule has 0 radical (unpaired) electrons. The van der Waals surface area contributed by atoms with Crippen molar-refractivity contribution in [3.63, 3.8) is 0 Å². The monoisotopic (exact) mass is 354 g/mol. The van der Waals surface area contributed by atoms with Crippen molar-refractivity contribution in [2.75, 3.05) is 7.11 Å². The van der Waals surface area contributed by atoms with Crippen LogP contribution in [0.5, 0.6) is 5.75 Å². The van der Waals surface area contributed by atoms with Gasteiger partial charge in [0, 0.05) is 11.3 Å². The molecule has 1 saturated carbocycles. The van der Waals surface area contributed by atoms with Crippen LogP contribution in [0, 0.1) is 13.8 Å². The van der Waals surface area contributed by atoms with Crippen molar-refractivity contribution in [1.29, 1.82) is 0 Å². The van der Waals surface area contributed by atoms with Crippen LogP contribution in [0.4, 0.5) is 0 Å². The fourth-order valence-corrected chi connectivity index (χ4v) is 4.16. The van der Waals surface area contributed by atoms with Crippen LogP contribution in [0.25, 0.3) is 0 Å². The van der Waals surface area contributed by atoms with Gasteiger partial charge in [0.1, 0.15) is 11.4 Å². The van der Waals surface area contributed by atoms with Crippen LogP contribution in [-0.2, 0) is 5.54 Å². The van der Waals surface area contributed by atoms with E-state index in [1.54, 1.807) is 7.11 Å². The third-order valence-corrected chi connectivity index (χ3v) is 5.47. The van der Waals surface area contributed by atoms with Crippen molar-refractivity contribution in [3.8, 4) is 5.75 Å². The molecule has 1 aromatic heterocycles. The van der Waals surface area contributed by atoms with Gasteiger partial charge < -0.3 is 15.0 Å². The molecule has 0 atom stereocenters. The Labute approximate surface area is 154 Å². The van der Waals surface area contributed by atoms with E-state index in [1.165, 1.54) is 6.92 Å². The topological polar surface area (TPSA) is 71.2 Å². The van der Waals surface area contributed by atoms with Crippen molar-refractivity contribution in [3.05, 3.63) is 52.3 Å². The first-order valence-electron chi connectivity index (χ1n) is 9.05. The Morgan fingerprint density at radius 3 is 2.23 bits per heavy atom. The zero-order valence-electron chi connectivity index (χ0n) is 15.9. The Morgan fingerprint density at radius 1 is 1.12 bits per heavy atom. The number of hydrogen-bond acceptors (Lipinski definition) is 3. The van der Waals surface area contributed by atoms with Gasteiger partial charge in [0.05, 0.1) is 12.6 Å². The van der Waals surface area contributed by atoms with E-state index in [0.29, 0.717) is 11.3 Å². The van der Waals surface area contributed by atoms with Crippen LogP contribution in [0.15, 0.2) is 24.3 Å². The van der Waals surface area contributed by atoms with E-state index in [4.69, 9.17) is 4.74 Å². The van der Waals surface area contributed by atoms with Crippen LogP contribution in [0.1, 0.15) is 70.3 Å². The zero-order valence-corrected chi connectivity index (χ0v) is 15.9. The quantitative estimate of drug-likeness (QED) is 0.796.